The molecule has 0 bridgehead atoms. The number of nitrogens with one attached hydrogen (secondary N) is 1. The van der Waals surface area contributed by atoms with Crippen molar-refractivity contribution in [3.8, 4) is 5.69 Å². The minimum atomic E-state index is -0.280. The molecule has 0 fully saturated rings. The van der Waals surface area contributed by atoms with Crippen molar-refractivity contribution in [3.63, 3.8) is 0 Å². The van der Waals surface area contributed by atoms with E-state index >= 15 is 0 Å². The molecule has 0 radical (unpaired) electrons. The lowest BCUT2D eigenvalue weighted by Crippen LogP contribution is -2.09. The Labute approximate surface area is 92.1 Å². The predicted molar refractivity (Wildman–Crippen MR) is 58.8 cm³/mol. The summed E-state index contributed by atoms with van der Waals surface area (Å²) in [6.07, 6.45) is 0. The predicted octanol–water partition coefficient (Wildman–Crippen LogP) is 0.907. The summed E-state index contributed by atoms with van der Waals surface area (Å²) in [6, 6.07) is 6.07. The molecule has 0 spiro atoms. The summed E-state index contributed by atoms with van der Waals surface area (Å²) in [5.41, 5.74) is 6.33. The van der Waals surface area contributed by atoms with Crippen molar-refractivity contribution >= 4 is 5.95 Å². The number of hydrogen-bond acceptors (Lipinski definition) is 4. The summed E-state index contributed by atoms with van der Waals surface area (Å²) in [4.78, 5) is 0. The van der Waals surface area contributed by atoms with Gasteiger partial charge in [-0.1, -0.05) is 0 Å². The van der Waals surface area contributed by atoms with Gasteiger partial charge < -0.3 is 11.1 Å². The van der Waals surface area contributed by atoms with E-state index in [-0.39, 0.29) is 12.4 Å². The Morgan fingerprint density at radius 3 is 2.56 bits per heavy atom. The first kappa shape index (κ1) is 10.6. The molecule has 0 aliphatic rings. The van der Waals surface area contributed by atoms with Crippen molar-refractivity contribution in [3.05, 3.63) is 35.9 Å². The van der Waals surface area contributed by atoms with E-state index in [0.29, 0.717) is 11.8 Å². The van der Waals surface area contributed by atoms with E-state index in [9.17, 15) is 4.39 Å². The van der Waals surface area contributed by atoms with Gasteiger partial charge in [0.05, 0.1) is 12.2 Å². The van der Waals surface area contributed by atoms with Gasteiger partial charge in [0.1, 0.15) is 5.82 Å². The van der Waals surface area contributed by atoms with Crippen LogP contribution in [0.5, 0.6) is 0 Å². The molecule has 1 aromatic carbocycles. The zero-order valence-electron chi connectivity index (χ0n) is 8.81. The van der Waals surface area contributed by atoms with Crippen LogP contribution < -0.4 is 11.1 Å². The number of nitrogens with zero attached hydrogens (tertiary/aromatic N) is 3. The van der Waals surface area contributed by atoms with Crippen LogP contribution in [-0.2, 0) is 6.54 Å². The fourth-order valence-corrected chi connectivity index (χ4v) is 1.47. The van der Waals surface area contributed by atoms with Gasteiger partial charge in [0.25, 0.3) is 0 Å². The van der Waals surface area contributed by atoms with Gasteiger partial charge in [-0.3, -0.25) is 4.57 Å². The largest absolute Gasteiger partial charge is 0.357 e. The molecule has 0 amide bonds. The van der Waals surface area contributed by atoms with Gasteiger partial charge in [-0.2, -0.15) is 0 Å². The van der Waals surface area contributed by atoms with Crippen molar-refractivity contribution in [2.45, 2.75) is 6.54 Å². The highest BCUT2D eigenvalue weighted by Gasteiger charge is 2.10. The van der Waals surface area contributed by atoms with E-state index in [2.05, 4.69) is 15.5 Å². The topological polar surface area (TPSA) is 68.8 Å². The average Bonchev–Trinajstić information content (AvgIpc) is 2.73. The van der Waals surface area contributed by atoms with Crippen LogP contribution in [0.4, 0.5) is 10.3 Å². The van der Waals surface area contributed by atoms with Crippen LogP contribution in [-0.4, -0.2) is 21.8 Å². The fourth-order valence-electron chi connectivity index (χ4n) is 1.47. The van der Waals surface area contributed by atoms with Crippen LogP contribution in [0.1, 0.15) is 5.82 Å². The molecule has 1 heterocycles. The lowest BCUT2D eigenvalue weighted by molar-refractivity contribution is 0.627. The quantitative estimate of drug-likeness (QED) is 0.808. The Morgan fingerprint density at radius 2 is 2.00 bits per heavy atom. The Morgan fingerprint density at radius 1 is 1.31 bits per heavy atom. The molecule has 0 saturated carbocycles. The Balaban J connectivity index is 2.52. The van der Waals surface area contributed by atoms with Crippen molar-refractivity contribution in [2.75, 3.05) is 12.4 Å². The standard InChI is InChI=1S/C10H12FN5/c1-13-10-15-14-9(6-12)16(10)8-4-2-7(11)3-5-8/h2-5H,6,12H2,1H3,(H,13,15). The summed E-state index contributed by atoms with van der Waals surface area (Å²) >= 11 is 0. The van der Waals surface area contributed by atoms with E-state index < -0.39 is 0 Å². The number of rotatable bonds is 3. The second-order valence-electron chi connectivity index (χ2n) is 3.21. The van der Waals surface area contributed by atoms with Crippen LogP contribution in [0.25, 0.3) is 5.69 Å². The van der Waals surface area contributed by atoms with Crippen molar-refractivity contribution < 1.29 is 4.39 Å². The molecule has 0 atom stereocenters. The molecule has 1 aromatic heterocycles. The summed E-state index contributed by atoms with van der Waals surface area (Å²) in [6.45, 7) is 0.270. The van der Waals surface area contributed by atoms with Gasteiger partial charge in [0.2, 0.25) is 5.95 Å². The van der Waals surface area contributed by atoms with E-state index in [0.717, 1.165) is 5.69 Å². The molecule has 2 aromatic rings. The highest BCUT2D eigenvalue weighted by Crippen LogP contribution is 2.16. The maximum Gasteiger partial charge on any atom is 0.229 e. The monoisotopic (exact) mass is 221 g/mol. The molecule has 16 heavy (non-hydrogen) atoms. The maximum absolute atomic E-state index is 12.8. The van der Waals surface area contributed by atoms with E-state index in [1.54, 1.807) is 23.7 Å². The van der Waals surface area contributed by atoms with Gasteiger partial charge in [-0.05, 0) is 24.3 Å². The highest BCUT2D eigenvalue weighted by atomic mass is 19.1. The molecule has 3 N–H and O–H groups in total. The third-order valence-electron chi connectivity index (χ3n) is 2.22. The number of anilines is 1. The van der Waals surface area contributed by atoms with Gasteiger partial charge in [-0.15, -0.1) is 10.2 Å². The molecule has 2 rings (SSSR count). The second kappa shape index (κ2) is 4.28. The summed E-state index contributed by atoms with van der Waals surface area (Å²) < 4.78 is 14.6. The van der Waals surface area contributed by atoms with Crippen molar-refractivity contribution in [1.82, 2.24) is 14.8 Å². The first-order valence-corrected chi connectivity index (χ1v) is 4.84. The molecular formula is C10H12FN5. The Kier molecular flexibility index (Phi) is 2.82. The second-order valence-corrected chi connectivity index (χ2v) is 3.21. The molecule has 0 aliphatic carbocycles. The van der Waals surface area contributed by atoms with Crippen molar-refractivity contribution in [2.24, 2.45) is 5.73 Å². The Bertz CT molecular complexity index is 455. The molecule has 0 aliphatic heterocycles. The normalized spacial score (nSPS) is 10.4. The first-order valence-electron chi connectivity index (χ1n) is 4.84. The van der Waals surface area contributed by atoms with Gasteiger partial charge in [-0.25, -0.2) is 4.39 Å². The lowest BCUT2D eigenvalue weighted by atomic mass is 10.3. The lowest BCUT2D eigenvalue weighted by Gasteiger charge is -2.08. The smallest absolute Gasteiger partial charge is 0.229 e. The average molecular weight is 221 g/mol. The molecular weight excluding hydrogens is 209 g/mol. The van der Waals surface area contributed by atoms with Crippen LogP contribution >= 0.6 is 0 Å². The first-order chi connectivity index (χ1) is 7.76. The zero-order chi connectivity index (χ0) is 11.5. The molecule has 5 nitrogen and oxygen atoms in total. The number of aromatic nitrogens is 3. The van der Waals surface area contributed by atoms with E-state index in [1.807, 2.05) is 0 Å². The summed E-state index contributed by atoms with van der Waals surface area (Å²) in [5.74, 6) is 0.917. The molecule has 0 unspecified atom stereocenters. The summed E-state index contributed by atoms with van der Waals surface area (Å²) in [7, 11) is 1.74. The van der Waals surface area contributed by atoms with Gasteiger partial charge >= 0.3 is 0 Å². The third kappa shape index (κ3) is 1.74. The number of halogens is 1. The SMILES string of the molecule is CNc1nnc(CN)n1-c1ccc(F)cc1. The highest BCUT2D eigenvalue weighted by molar-refractivity contribution is 5.42. The molecule has 0 saturated heterocycles. The number of nitrogens with two attached hydrogens (primary N) is 1. The molecule has 84 valence electrons. The third-order valence-corrected chi connectivity index (χ3v) is 2.22. The minimum absolute atomic E-state index is 0.270. The van der Waals surface area contributed by atoms with Crippen LogP contribution in [0.3, 0.4) is 0 Å². The van der Waals surface area contributed by atoms with Crippen LogP contribution in [0.2, 0.25) is 0 Å². The van der Waals surface area contributed by atoms with Crippen molar-refractivity contribution in [1.29, 1.82) is 0 Å². The van der Waals surface area contributed by atoms with Gasteiger partial charge in [0, 0.05) is 7.05 Å². The number of hydrogen-bond donors (Lipinski definition) is 2. The number of benzene rings is 1. The maximum atomic E-state index is 12.8. The van der Waals surface area contributed by atoms with Crippen LogP contribution in [0.15, 0.2) is 24.3 Å². The van der Waals surface area contributed by atoms with Crippen LogP contribution in [0, 0.1) is 5.82 Å². The van der Waals surface area contributed by atoms with E-state index in [4.69, 9.17) is 5.73 Å². The molecule has 6 heteroatoms. The minimum Gasteiger partial charge on any atom is -0.357 e. The van der Waals surface area contributed by atoms with E-state index in [1.165, 1.54) is 12.1 Å². The Hall–Kier alpha value is -1.95. The summed E-state index contributed by atoms with van der Waals surface area (Å²) in [5, 5.41) is 10.8. The van der Waals surface area contributed by atoms with Gasteiger partial charge in [0.15, 0.2) is 5.82 Å². The zero-order valence-corrected chi connectivity index (χ0v) is 8.81. The fraction of sp³-hybridized carbons (Fsp3) is 0.200.